The van der Waals surface area contributed by atoms with Crippen molar-refractivity contribution in [2.75, 3.05) is 0 Å². The number of hydrogen-bond donors (Lipinski definition) is 2. The first-order chi connectivity index (χ1) is 6.11. The summed E-state index contributed by atoms with van der Waals surface area (Å²) in [4.78, 5) is 21.9. The Bertz CT molecular complexity index is 269. The molecule has 13 heavy (non-hydrogen) atoms. The molecule has 2 rings (SSSR count). The normalized spacial score (nSPS) is 40.9. The van der Waals surface area contributed by atoms with Gasteiger partial charge in [-0.05, 0) is 18.3 Å². The number of primary amides is 1. The Morgan fingerprint density at radius 2 is 1.77 bits per heavy atom. The maximum Gasteiger partial charge on any atom is 0.307 e. The Morgan fingerprint density at radius 1 is 1.23 bits per heavy atom. The fraction of sp³-hybridized carbons (Fsp3) is 0.556. The van der Waals surface area contributed by atoms with E-state index in [-0.39, 0.29) is 11.8 Å². The van der Waals surface area contributed by atoms with Gasteiger partial charge in [-0.15, -0.1) is 0 Å². The van der Waals surface area contributed by atoms with Gasteiger partial charge in [0.25, 0.3) is 0 Å². The van der Waals surface area contributed by atoms with Crippen molar-refractivity contribution >= 4 is 11.9 Å². The smallest absolute Gasteiger partial charge is 0.307 e. The van der Waals surface area contributed by atoms with E-state index in [9.17, 15) is 9.59 Å². The largest absolute Gasteiger partial charge is 0.481 e. The highest BCUT2D eigenvalue weighted by Crippen LogP contribution is 2.47. The number of allylic oxidation sites excluding steroid dienone is 2. The van der Waals surface area contributed by atoms with Crippen LogP contribution in [0.25, 0.3) is 0 Å². The SMILES string of the molecule is NC(=O)C1[C@@H]2C=C[C@H](C2)[C@H]1C(=O)O. The Hall–Kier alpha value is -1.32. The van der Waals surface area contributed by atoms with E-state index < -0.39 is 23.7 Å². The van der Waals surface area contributed by atoms with Crippen LogP contribution in [0.15, 0.2) is 12.2 Å². The Kier molecular flexibility index (Phi) is 1.65. The summed E-state index contributed by atoms with van der Waals surface area (Å²) in [7, 11) is 0. The summed E-state index contributed by atoms with van der Waals surface area (Å²) in [5.74, 6) is -2.39. The molecule has 0 aromatic rings. The highest BCUT2D eigenvalue weighted by atomic mass is 16.4. The van der Waals surface area contributed by atoms with Gasteiger partial charge in [0.1, 0.15) is 0 Å². The summed E-state index contributed by atoms with van der Waals surface area (Å²) in [5.41, 5.74) is 5.18. The van der Waals surface area contributed by atoms with E-state index in [0.29, 0.717) is 0 Å². The lowest BCUT2D eigenvalue weighted by Crippen LogP contribution is -2.36. The molecule has 0 heterocycles. The van der Waals surface area contributed by atoms with Gasteiger partial charge in [0.2, 0.25) is 5.91 Å². The summed E-state index contributed by atoms with van der Waals surface area (Å²) >= 11 is 0. The molecular formula is C9H11NO3. The summed E-state index contributed by atoms with van der Waals surface area (Å²) in [6.07, 6.45) is 4.58. The minimum Gasteiger partial charge on any atom is -0.481 e. The van der Waals surface area contributed by atoms with Crippen LogP contribution in [0.2, 0.25) is 0 Å². The zero-order chi connectivity index (χ0) is 9.59. The van der Waals surface area contributed by atoms with Gasteiger partial charge in [-0.1, -0.05) is 12.2 Å². The predicted molar refractivity (Wildman–Crippen MR) is 44.5 cm³/mol. The van der Waals surface area contributed by atoms with Crippen molar-refractivity contribution in [2.45, 2.75) is 6.42 Å². The first-order valence-electron chi connectivity index (χ1n) is 4.31. The summed E-state index contributed by atoms with van der Waals surface area (Å²) < 4.78 is 0. The standard InChI is InChI=1S/C9H11NO3/c10-8(11)6-4-1-2-5(3-4)7(6)9(12)13/h1-2,4-7H,3H2,(H2,10,11)(H,12,13)/t4-,5-,6?,7-/m1/s1. The first kappa shape index (κ1) is 8.29. The van der Waals surface area contributed by atoms with E-state index in [4.69, 9.17) is 10.8 Å². The van der Waals surface area contributed by atoms with E-state index in [1.165, 1.54) is 0 Å². The molecule has 2 aliphatic rings. The van der Waals surface area contributed by atoms with Crippen molar-refractivity contribution in [3.63, 3.8) is 0 Å². The summed E-state index contributed by atoms with van der Waals surface area (Å²) in [6, 6.07) is 0. The molecule has 0 aliphatic heterocycles. The number of fused-ring (bicyclic) bond motifs is 2. The predicted octanol–water partition coefficient (Wildman–Crippen LogP) is -0.00540. The van der Waals surface area contributed by atoms with Crippen LogP contribution < -0.4 is 5.73 Å². The topological polar surface area (TPSA) is 80.4 Å². The molecule has 2 aliphatic carbocycles. The molecule has 70 valence electrons. The number of nitrogens with two attached hydrogens (primary N) is 1. The average Bonchev–Trinajstić information content (AvgIpc) is 2.60. The fourth-order valence-electron chi connectivity index (χ4n) is 2.55. The molecule has 1 amide bonds. The molecule has 4 heteroatoms. The number of carboxylic acids is 1. The average molecular weight is 181 g/mol. The van der Waals surface area contributed by atoms with Crippen LogP contribution in [-0.4, -0.2) is 17.0 Å². The second-order valence-electron chi connectivity index (χ2n) is 3.74. The number of hydrogen-bond acceptors (Lipinski definition) is 2. The van der Waals surface area contributed by atoms with Gasteiger partial charge < -0.3 is 10.8 Å². The van der Waals surface area contributed by atoms with Crippen molar-refractivity contribution in [1.82, 2.24) is 0 Å². The van der Waals surface area contributed by atoms with E-state index in [2.05, 4.69) is 0 Å². The maximum atomic E-state index is 11.0. The molecule has 4 nitrogen and oxygen atoms in total. The Balaban J connectivity index is 2.30. The third-order valence-electron chi connectivity index (χ3n) is 3.07. The Morgan fingerprint density at radius 3 is 2.15 bits per heavy atom. The molecule has 1 saturated carbocycles. The quantitative estimate of drug-likeness (QED) is 0.588. The monoisotopic (exact) mass is 181 g/mol. The van der Waals surface area contributed by atoms with Crippen LogP contribution in [0, 0.1) is 23.7 Å². The minimum absolute atomic E-state index is 0.0139. The van der Waals surface area contributed by atoms with Crippen molar-refractivity contribution in [3.8, 4) is 0 Å². The van der Waals surface area contributed by atoms with E-state index in [1.807, 2.05) is 12.2 Å². The van der Waals surface area contributed by atoms with Crippen LogP contribution in [-0.2, 0) is 9.59 Å². The van der Waals surface area contributed by atoms with E-state index >= 15 is 0 Å². The molecule has 1 fully saturated rings. The minimum atomic E-state index is -0.902. The van der Waals surface area contributed by atoms with Gasteiger partial charge in [-0.2, -0.15) is 0 Å². The lowest BCUT2D eigenvalue weighted by molar-refractivity contribution is -0.147. The zero-order valence-corrected chi connectivity index (χ0v) is 7.01. The molecule has 4 atom stereocenters. The number of amides is 1. The molecule has 0 saturated heterocycles. The van der Waals surface area contributed by atoms with E-state index in [0.717, 1.165) is 6.42 Å². The molecule has 0 aromatic heterocycles. The second-order valence-corrected chi connectivity index (χ2v) is 3.74. The molecule has 0 aromatic carbocycles. The highest BCUT2D eigenvalue weighted by Gasteiger charge is 2.50. The van der Waals surface area contributed by atoms with Gasteiger partial charge in [-0.3, -0.25) is 9.59 Å². The van der Waals surface area contributed by atoms with Crippen molar-refractivity contribution in [1.29, 1.82) is 0 Å². The van der Waals surface area contributed by atoms with Crippen LogP contribution in [0.4, 0.5) is 0 Å². The third kappa shape index (κ3) is 1.05. The van der Waals surface area contributed by atoms with Crippen molar-refractivity contribution in [3.05, 3.63) is 12.2 Å². The van der Waals surface area contributed by atoms with Gasteiger partial charge >= 0.3 is 5.97 Å². The number of carbonyl (C=O) groups is 2. The lowest BCUT2D eigenvalue weighted by atomic mass is 9.83. The molecule has 0 spiro atoms. The highest BCUT2D eigenvalue weighted by molar-refractivity contribution is 5.85. The van der Waals surface area contributed by atoms with Gasteiger partial charge in [0.05, 0.1) is 11.8 Å². The van der Waals surface area contributed by atoms with Gasteiger partial charge in [0.15, 0.2) is 0 Å². The summed E-state index contributed by atoms with van der Waals surface area (Å²) in [6.45, 7) is 0. The molecular weight excluding hydrogens is 170 g/mol. The van der Waals surface area contributed by atoms with Crippen LogP contribution >= 0.6 is 0 Å². The number of carboxylic acid groups (broad SMARTS) is 1. The number of aliphatic carboxylic acids is 1. The second kappa shape index (κ2) is 2.58. The van der Waals surface area contributed by atoms with Crippen molar-refractivity contribution < 1.29 is 14.7 Å². The van der Waals surface area contributed by atoms with Gasteiger partial charge in [-0.25, -0.2) is 0 Å². The molecule has 1 unspecified atom stereocenters. The van der Waals surface area contributed by atoms with Crippen LogP contribution in [0.1, 0.15) is 6.42 Å². The van der Waals surface area contributed by atoms with Crippen molar-refractivity contribution in [2.24, 2.45) is 29.4 Å². The van der Waals surface area contributed by atoms with E-state index in [1.54, 1.807) is 0 Å². The first-order valence-corrected chi connectivity index (χ1v) is 4.31. The maximum absolute atomic E-state index is 11.0. The lowest BCUT2D eigenvalue weighted by Gasteiger charge is -2.21. The van der Waals surface area contributed by atoms with Crippen LogP contribution in [0.3, 0.4) is 0 Å². The molecule has 2 bridgehead atoms. The number of rotatable bonds is 2. The molecule has 3 N–H and O–H groups in total. The fourth-order valence-corrected chi connectivity index (χ4v) is 2.55. The van der Waals surface area contributed by atoms with Crippen LogP contribution in [0.5, 0.6) is 0 Å². The zero-order valence-electron chi connectivity index (χ0n) is 7.01. The Labute approximate surface area is 75.4 Å². The third-order valence-corrected chi connectivity index (χ3v) is 3.07. The molecule has 0 radical (unpaired) electrons. The van der Waals surface area contributed by atoms with Gasteiger partial charge in [0, 0.05) is 0 Å². The number of carbonyl (C=O) groups excluding carboxylic acids is 1. The summed E-state index contributed by atoms with van der Waals surface area (Å²) in [5, 5.41) is 8.91.